The predicted octanol–water partition coefficient (Wildman–Crippen LogP) is 5.39. The molecule has 3 nitrogen and oxygen atoms in total. The van der Waals surface area contributed by atoms with Gasteiger partial charge in [0.2, 0.25) is 0 Å². The molecule has 0 spiro atoms. The van der Waals surface area contributed by atoms with Crippen molar-refractivity contribution < 1.29 is 4.79 Å². The normalized spacial score (nSPS) is 15.0. The van der Waals surface area contributed by atoms with Crippen LogP contribution in [-0.2, 0) is 4.79 Å². The highest BCUT2D eigenvalue weighted by Crippen LogP contribution is 2.42. The molecule has 0 saturated heterocycles. The Balaban J connectivity index is 1.69. The van der Waals surface area contributed by atoms with E-state index in [1.54, 1.807) is 4.90 Å². The molecule has 0 atom stereocenters. The van der Waals surface area contributed by atoms with E-state index in [0.29, 0.717) is 5.57 Å². The maximum Gasteiger partial charge on any atom is 0.263 e. The lowest BCUT2D eigenvalue weighted by atomic mass is 10.0. The molecule has 26 heavy (non-hydrogen) atoms. The fourth-order valence-corrected chi connectivity index (χ4v) is 3.58. The molecule has 0 bridgehead atoms. The Morgan fingerprint density at radius 2 is 1.54 bits per heavy atom. The van der Waals surface area contributed by atoms with Crippen LogP contribution in [0.2, 0.25) is 0 Å². The first-order valence-corrected chi connectivity index (χ1v) is 8.60. The van der Waals surface area contributed by atoms with Gasteiger partial charge in [-0.25, -0.2) is 0 Å². The third-order valence-corrected chi connectivity index (χ3v) is 4.80. The zero-order valence-corrected chi connectivity index (χ0v) is 14.0. The van der Waals surface area contributed by atoms with Gasteiger partial charge in [0.05, 0.1) is 11.3 Å². The van der Waals surface area contributed by atoms with Gasteiger partial charge in [-0.05, 0) is 30.3 Å². The minimum absolute atomic E-state index is 0.00248. The van der Waals surface area contributed by atoms with Crippen LogP contribution in [0.3, 0.4) is 0 Å². The molecule has 1 aliphatic heterocycles. The van der Waals surface area contributed by atoms with Gasteiger partial charge in [-0.1, -0.05) is 54.6 Å². The molecule has 5 rings (SSSR count). The van der Waals surface area contributed by atoms with Gasteiger partial charge >= 0.3 is 0 Å². The van der Waals surface area contributed by atoms with Crippen LogP contribution >= 0.6 is 0 Å². The van der Waals surface area contributed by atoms with E-state index in [0.717, 1.165) is 33.4 Å². The summed E-state index contributed by atoms with van der Waals surface area (Å²) in [5.41, 5.74) is 5.58. The fourth-order valence-electron chi connectivity index (χ4n) is 3.58. The second-order valence-electron chi connectivity index (χ2n) is 6.34. The van der Waals surface area contributed by atoms with Gasteiger partial charge in [-0.2, -0.15) is 0 Å². The van der Waals surface area contributed by atoms with Crippen LogP contribution in [-0.4, -0.2) is 10.9 Å². The molecule has 3 aromatic carbocycles. The summed E-state index contributed by atoms with van der Waals surface area (Å²) < 4.78 is 0. The molecular formula is C23H16N2O. The molecule has 124 valence electrons. The number of aromatic nitrogens is 1. The van der Waals surface area contributed by atoms with E-state index < -0.39 is 0 Å². The molecule has 0 fully saturated rings. The third kappa shape index (κ3) is 2.18. The summed E-state index contributed by atoms with van der Waals surface area (Å²) in [6.07, 6.45) is 3.95. The van der Waals surface area contributed by atoms with E-state index in [-0.39, 0.29) is 5.91 Å². The minimum Gasteiger partial charge on any atom is -0.361 e. The van der Waals surface area contributed by atoms with Crippen molar-refractivity contribution in [3.05, 3.63) is 96.2 Å². The number of anilines is 2. The predicted molar refractivity (Wildman–Crippen MR) is 106 cm³/mol. The third-order valence-electron chi connectivity index (χ3n) is 4.80. The van der Waals surface area contributed by atoms with E-state index in [4.69, 9.17) is 0 Å². The van der Waals surface area contributed by atoms with Crippen molar-refractivity contribution in [1.29, 1.82) is 0 Å². The molecule has 1 aromatic heterocycles. The molecule has 0 unspecified atom stereocenters. The monoisotopic (exact) mass is 336 g/mol. The number of hydrogen-bond acceptors (Lipinski definition) is 1. The largest absolute Gasteiger partial charge is 0.361 e. The summed E-state index contributed by atoms with van der Waals surface area (Å²) in [6, 6.07) is 25.9. The van der Waals surface area contributed by atoms with Crippen molar-refractivity contribution in [2.75, 3.05) is 4.90 Å². The van der Waals surface area contributed by atoms with Gasteiger partial charge in [0.15, 0.2) is 0 Å². The first kappa shape index (κ1) is 14.7. The average molecular weight is 336 g/mol. The van der Waals surface area contributed by atoms with Crippen LogP contribution in [0.25, 0.3) is 22.6 Å². The van der Waals surface area contributed by atoms with Crippen molar-refractivity contribution in [1.82, 2.24) is 4.98 Å². The summed E-state index contributed by atoms with van der Waals surface area (Å²) in [5.74, 6) is 0.00248. The molecule has 1 N–H and O–H groups in total. The molecule has 0 saturated carbocycles. The van der Waals surface area contributed by atoms with Gasteiger partial charge in [0.25, 0.3) is 5.91 Å². The number of benzene rings is 3. The number of aromatic amines is 1. The SMILES string of the molecule is O=C1/C(=C/c2c[nH]c3ccccc23)c2ccccc2N1c1ccccc1. The summed E-state index contributed by atoms with van der Waals surface area (Å²) in [4.78, 5) is 18.3. The van der Waals surface area contributed by atoms with Gasteiger partial charge in [-0.15, -0.1) is 0 Å². The maximum absolute atomic E-state index is 13.3. The van der Waals surface area contributed by atoms with Crippen molar-refractivity contribution in [3.8, 4) is 0 Å². The van der Waals surface area contributed by atoms with Crippen LogP contribution in [0.5, 0.6) is 0 Å². The van der Waals surface area contributed by atoms with Crippen LogP contribution < -0.4 is 4.90 Å². The first-order valence-electron chi connectivity index (χ1n) is 8.60. The zero-order valence-electron chi connectivity index (χ0n) is 14.0. The number of rotatable bonds is 2. The van der Waals surface area contributed by atoms with Crippen LogP contribution in [0, 0.1) is 0 Å². The smallest absolute Gasteiger partial charge is 0.263 e. The summed E-state index contributed by atoms with van der Waals surface area (Å²) >= 11 is 0. The Morgan fingerprint density at radius 1 is 0.808 bits per heavy atom. The van der Waals surface area contributed by atoms with Crippen LogP contribution in [0.15, 0.2) is 85.1 Å². The number of carbonyl (C=O) groups excluding carboxylic acids is 1. The topological polar surface area (TPSA) is 36.1 Å². The highest BCUT2D eigenvalue weighted by molar-refractivity contribution is 6.38. The van der Waals surface area contributed by atoms with Crippen molar-refractivity contribution in [2.45, 2.75) is 0 Å². The Hall–Kier alpha value is -3.59. The molecule has 1 amide bonds. The van der Waals surface area contributed by atoms with E-state index in [1.165, 1.54) is 0 Å². The van der Waals surface area contributed by atoms with Gasteiger partial charge < -0.3 is 4.98 Å². The average Bonchev–Trinajstić information content (AvgIpc) is 3.22. The van der Waals surface area contributed by atoms with Crippen LogP contribution in [0.4, 0.5) is 11.4 Å². The van der Waals surface area contributed by atoms with E-state index in [9.17, 15) is 4.79 Å². The second-order valence-corrected chi connectivity index (χ2v) is 6.34. The fraction of sp³-hybridized carbons (Fsp3) is 0. The highest BCUT2D eigenvalue weighted by atomic mass is 16.2. The summed E-state index contributed by atoms with van der Waals surface area (Å²) in [6.45, 7) is 0. The van der Waals surface area contributed by atoms with Crippen LogP contribution in [0.1, 0.15) is 11.1 Å². The Bertz CT molecular complexity index is 1160. The number of hydrogen-bond donors (Lipinski definition) is 1. The number of carbonyl (C=O) groups is 1. The van der Waals surface area contributed by atoms with E-state index in [2.05, 4.69) is 11.1 Å². The number of H-pyrrole nitrogens is 1. The summed E-state index contributed by atoms with van der Waals surface area (Å²) in [7, 11) is 0. The first-order chi connectivity index (χ1) is 12.8. The minimum atomic E-state index is 0.00248. The molecular weight excluding hydrogens is 320 g/mol. The number of nitrogens with one attached hydrogen (secondary N) is 1. The highest BCUT2D eigenvalue weighted by Gasteiger charge is 2.33. The molecule has 0 aliphatic carbocycles. The quantitative estimate of drug-likeness (QED) is 0.490. The number of para-hydroxylation sites is 3. The molecule has 3 heteroatoms. The Labute approximate surface area is 151 Å². The van der Waals surface area contributed by atoms with Crippen molar-refractivity contribution in [2.24, 2.45) is 0 Å². The lowest BCUT2D eigenvalue weighted by Gasteiger charge is -2.16. The van der Waals surface area contributed by atoms with Gasteiger partial charge in [0, 0.05) is 33.9 Å². The maximum atomic E-state index is 13.3. The van der Waals surface area contributed by atoms with Crippen molar-refractivity contribution >= 4 is 39.8 Å². The lowest BCUT2D eigenvalue weighted by molar-refractivity contribution is -0.112. The standard InChI is InChI=1S/C23H16N2O/c26-23-20(14-16-15-24-21-12-6-4-10-18(16)21)19-11-5-7-13-22(19)25(23)17-8-2-1-3-9-17/h1-15,24H/b20-14+. The number of fused-ring (bicyclic) bond motifs is 2. The second kappa shape index (κ2) is 5.74. The Morgan fingerprint density at radius 3 is 2.42 bits per heavy atom. The van der Waals surface area contributed by atoms with Gasteiger partial charge in [-0.3, -0.25) is 9.69 Å². The molecule has 0 radical (unpaired) electrons. The molecule has 4 aromatic rings. The van der Waals surface area contributed by atoms with E-state index in [1.807, 2.05) is 85.1 Å². The van der Waals surface area contributed by atoms with Gasteiger partial charge in [0.1, 0.15) is 0 Å². The number of amides is 1. The summed E-state index contributed by atoms with van der Waals surface area (Å²) in [5, 5.41) is 1.11. The molecule has 1 aliphatic rings. The lowest BCUT2D eigenvalue weighted by Crippen LogP contribution is -2.20. The van der Waals surface area contributed by atoms with Crippen molar-refractivity contribution in [3.63, 3.8) is 0 Å². The van der Waals surface area contributed by atoms with E-state index >= 15 is 0 Å². The molecule has 2 heterocycles. The zero-order chi connectivity index (χ0) is 17.5. The number of nitrogens with zero attached hydrogens (tertiary/aromatic N) is 1. The Kier molecular flexibility index (Phi) is 3.25.